The predicted molar refractivity (Wildman–Crippen MR) is 128 cm³/mol. The number of rotatable bonds is 4. The van der Waals surface area contributed by atoms with Crippen molar-refractivity contribution in [3.63, 3.8) is 0 Å². The van der Waals surface area contributed by atoms with Gasteiger partial charge >= 0.3 is 12.1 Å². The van der Waals surface area contributed by atoms with Gasteiger partial charge in [-0.25, -0.2) is 4.79 Å². The van der Waals surface area contributed by atoms with Gasteiger partial charge in [-0.05, 0) is 49.3 Å². The minimum Gasteiger partial charge on any atom is -0.475 e. The van der Waals surface area contributed by atoms with Crippen LogP contribution >= 0.6 is 0 Å². The van der Waals surface area contributed by atoms with Crippen molar-refractivity contribution < 1.29 is 27.9 Å². The molecule has 1 aliphatic rings. The number of likely N-dealkylation sites (tertiary alicyclic amines) is 1. The first kappa shape index (κ1) is 26.3. The third kappa shape index (κ3) is 6.03. The van der Waals surface area contributed by atoms with Gasteiger partial charge in [-0.15, -0.1) is 0 Å². The fourth-order valence-corrected chi connectivity index (χ4v) is 4.53. The monoisotopic (exact) mass is 489 g/mol. The Labute approximate surface area is 202 Å². The summed E-state index contributed by atoms with van der Waals surface area (Å²) in [6.07, 6.45) is -1.03. The molecule has 2 aromatic carbocycles. The normalized spacial score (nSPS) is 14.5. The summed E-state index contributed by atoms with van der Waals surface area (Å²) in [4.78, 5) is 24.2. The number of aryl methyl sites for hydroxylation is 2. The number of benzene rings is 2. The van der Waals surface area contributed by atoms with Crippen molar-refractivity contribution in [1.29, 1.82) is 0 Å². The molecule has 4 rings (SSSR count). The lowest BCUT2D eigenvalue weighted by Gasteiger charge is -2.32. The number of hydrogen-bond acceptors (Lipinski definition) is 3. The Kier molecular flexibility index (Phi) is 8.22. The van der Waals surface area contributed by atoms with Crippen LogP contribution in [0.4, 0.5) is 13.2 Å². The number of amides is 1. The first-order valence-corrected chi connectivity index (χ1v) is 11.5. The Morgan fingerprint density at radius 1 is 1.11 bits per heavy atom. The van der Waals surface area contributed by atoms with Gasteiger partial charge in [0.05, 0.1) is 11.1 Å². The van der Waals surface area contributed by atoms with Crippen LogP contribution in [0.5, 0.6) is 0 Å². The van der Waals surface area contributed by atoms with E-state index in [0.717, 1.165) is 43.4 Å². The van der Waals surface area contributed by atoms with E-state index in [2.05, 4.69) is 54.8 Å². The summed E-state index contributed by atoms with van der Waals surface area (Å²) >= 11 is 0. The molecule has 0 unspecified atom stereocenters. The van der Waals surface area contributed by atoms with Gasteiger partial charge in [-0.1, -0.05) is 42.5 Å². The molecule has 0 spiro atoms. The molecule has 0 saturated carbocycles. The molecule has 3 N–H and O–H groups in total. The SMILES string of the molecule is CCn1cc(C(=O)N2CCC(c3cccc(CN)c3)CC2)c2cccc(C)c21.O=C(O)C(F)(F)F. The number of carboxylic acids is 1. The summed E-state index contributed by atoms with van der Waals surface area (Å²) in [5.74, 6) is -2.08. The molecule has 1 saturated heterocycles. The van der Waals surface area contributed by atoms with Crippen LogP contribution in [-0.2, 0) is 17.9 Å². The number of halogens is 3. The molecule has 188 valence electrons. The Morgan fingerprint density at radius 2 is 1.74 bits per heavy atom. The zero-order chi connectivity index (χ0) is 25.8. The molecular formula is C26H30F3N3O3. The minimum atomic E-state index is -5.08. The van der Waals surface area contributed by atoms with Crippen molar-refractivity contribution in [3.8, 4) is 0 Å². The van der Waals surface area contributed by atoms with Crippen molar-refractivity contribution in [3.05, 3.63) is 70.9 Å². The Hall–Kier alpha value is -3.33. The van der Waals surface area contributed by atoms with Gasteiger partial charge in [-0.2, -0.15) is 13.2 Å². The van der Waals surface area contributed by atoms with Gasteiger partial charge in [0.1, 0.15) is 0 Å². The van der Waals surface area contributed by atoms with Crippen LogP contribution in [0.15, 0.2) is 48.7 Å². The van der Waals surface area contributed by atoms with Crippen molar-refractivity contribution >= 4 is 22.8 Å². The molecule has 1 fully saturated rings. The van der Waals surface area contributed by atoms with Crippen molar-refractivity contribution in [2.24, 2.45) is 5.73 Å². The second kappa shape index (κ2) is 10.9. The van der Waals surface area contributed by atoms with Gasteiger partial charge in [-0.3, -0.25) is 4.79 Å². The topological polar surface area (TPSA) is 88.6 Å². The molecule has 6 nitrogen and oxygen atoms in total. The first-order valence-electron chi connectivity index (χ1n) is 11.5. The smallest absolute Gasteiger partial charge is 0.475 e. The molecule has 1 amide bonds. The molecule has 0 bridgehead atoms. The van der Waals surface area contributed by atoms with Crippen LogP contribution in [0, 0.1) is 6.92 Å². The number of alkyl halides is 3. The van der Waals surface area contributed by atoms with E-state index < -0.39 is 12.1 Å². The second-order valence-corrected chi connectivity index (χ2v) is 8.62. The summed E-state index contributed by atoms with van der Waals surface area (Å²) < 4.78 is 33.9. The molecular weight excluding hydrogens is 459 g/mol. The van der Waals surface area contributed by atoms with Crippen LogP contribution in [-0.4, -0.2) is 45.7 Å². The fraction of sp³-hybridized carbons (Fsp3) is 0.385. The molecule has 1 aromatic heterocycles. The average molecular weight is 490 g/mol. The highest BCUT2D eigenvalue weighted by atomic mass is 19.4. The molecule has 3 aromatic rings. The maximum absolute atomic E-state index is 13.3. The predicted octanol–water partition coefficient (Wildman–Crippen LogP) is 5.08. The molecule has 0 aliphatic carbocycles. The van der Waals surface area contributed by atoms with E-state index in [1.807, 2.05) is 17.2 Å². The maximum Gasteiger partial charge on any atom is 0.490 e. The van der Waals surface area contributed by atoms with E-state index in [-0.39, 0.29) is 5.91 Å². The maximum atomic E-state index is 13.3. The highest BCUT2D eigenvalue weighted by Crippen LogP contribution is 2.31. The Balaban J connectivity index is 0.000000429. The molecule has 9 heteroatoms. The number of aromatic nitrogens is 1. The van der Waals surface area contributed by atoms with Gasteiger partial charge in [0, 0.05) is 37.8 Å². The first-order chi connectivity index (χ1) is 16.6. The summed E-state index contributed by atoms with van der Waals surface area (Å²) in [7, 11) is 0. The number of carbonyl (C=O) groups is 2. The van der Waals surface area contributed by atoms with Gasteiger partial charge in [0.2, 0.25) is 0 Å². The molecule has 35 heavy (non-hydrogen) atoms. The molecule has 0 radical (unpaired) electrons. The number of para-hydroxylation sites is 1. The highest BCUT2D eigenvalue weighted by Gasteiger charge is 2.38. The van der Waals surface area contributed by atoms with Crippen LogP contribution in [0.2, 0.25) is 0 Å². The number of carboxylic acid groups (broad SMARTS) is 1. The number of carbonyl (C=O) groups excluding carboxylic acids is 1. The van der Waals surface area contributed by atoms with Crippen LogP contribution in [0.3, 0.4) is 0 Å². The number of fused-ring (bicyclic) bond motifs is 1. The summed E-state index contributed by atoms with van der Waals surface area (Å²) in [6, 6.07) is 14.8. The molecule has 2 heterocycles. The zero-order valence-electron chi connectivity index (χ0n) is 19.8. The molecule has 1 aliphatic heterocycles. The summed E-state index contributed by atoms with van der Waals surface area (Å²) in [5, 5.41) is 8.20. The van der Waals surface area contributed by atoms with E-state index in [0.29, 0.717) is 12.5 Å². The lowest BCUT2D eigenvalue weighted by Crippen LogP contribution is -2.37. The van der Waals surface area contributed by atoms with Crippen molar-refractivity contribution in [2.75, 3.05) is 13.1 Å². The summed E-state index contributed by atoms with van der Waals surface area (Å²) in [6.45, 7) is 7.30. The lowest BCUT2D eigenvalue weighted by atomic mass is 9.88. The second-order valence-electron chi connectivity index (χ2n) is 8.62. The summed E-state index contributed by atoms with van der Waals surface area (Å²) in [5.41, 5.74) is 11.6. The third-order valence-corrected chi connectivity index (χ3v) is 6.35. The van der Waals surface area contributed by atoms with Crippen molar-refractivity contribution in [2.45, 2.75) is 51.9 Å². The molecule has 0 atom stereocenters. The standard InChI is InChI=1S/C24H29N3O.C2HF3O2/c1-3-26-16-22(21-9-4-6-17(2)23(21)26)24(28)27-12-10-19(11-13-27)20-8-5-7-18(14-20)15-25;3-2(4,5)1(6)7/h4-9,14,16,19H,3,10-13,15,25H2,1-2H3;(H,6,7). The van der Waals surface area contributed by atoms with E-state index in [1.165, 1.54) is 22.2 Å². The average Bonchev–Trinajstić information content (AvgIpc) is 3.23. The highest BCUT2D eigenvalue weighted by molar-refractivity contribution is 6.07. The van der Waals surface area contributed by atoms with E-state index in [1.54, 1.807) is 0 Å². The quantitative estimate of drug-likeness (QED) is 0.535. The number of nitrogens with zero attached hydrogens (tertiary/aromatic N) is 2. The van der Waals surface area contributed by atoms with E-state index in [9.17, 15) is 18.0 Å². The minimum absolute atomic E-state index is 0.164. The number of nitrogens with two attached hydrogens (primary N) is 1. The largest absolute Gasteiger partial charge is 0.490 e. The Morgan fingerprint density at radius 3 is 2.31 bits per heavy atom. The van der Waals surface area contributed by atoms with E-state index >= 15 is 0 Å². The third-order valence-electron chi connectivity index (χ3n) is 6.35. The van der Waals surface area contributed by atoms with Crippen LogP contribution in [0.1, 0.15) is 52.7 Å². The van der Waals surface area contributed by atoms with Gasteiger partial charge in [0.25, 0.3) is 5.91 Å². The van der Waals surface area contributed by atoms with Crippen LogP contribution in [0.25, 0.3) is 10.9 Å². The lowest BCUT2D eigenvalue weighted by molar-refractivity contribution is -0.192. The van der Waals surface area contributed by atoms with Crippen LogP contribution < -0.4 is 5.73 Å². The van der Waals surface area contributed by atoms with E-state index in [4.69, 9.17) is 15.6 Å². The number of piperidine rings is 1. The Bertz CT molecular complexity index is 1200. The van der Waals surface area contributed by atoms with Crippen molar-refractivity contribution in [1.82, 2.24) is 9.47 Å². The van der Waals surface area contributed by atoms with Gasteiger partial charge < -0.3 is 20.3 Å². The fourth-order valence-electron chi connectivity index (χ4n) is 4.53. The number of aliphatic carboxylic acids is 1. The number of hydrogen-bond donors (Lipinski definition) is 2. The zero-order valence-corrected chi connectivity index (χ0v) is 19.8. The van der Waals surface area contributed by atoms with Gasteiger partial charge in [0.15, 0.2) is 0 Å².